The summed E-state index contributed by atoms with van der Waals surface area (Å²) in [4.78, 5) is 22.4. The summed E-state index contributed by atoms with van der Waals surface area (Å²) in [7, 11) is 0. The molecular weight excluding hydrogens is 486 g/mol. The Balaban J connectivity index is 2.45. The van der Waals surface area contributed by atoms with Crippen molar-refractivity contribution in [3.8, 4) is 11.3 Å². The molecule has 20 heavy (non-hydrogen) atoms. The van der Waals surface area contributed by atoms with E-state index in [1.54, 1.807) is 31.2 Å². The van der Waals surface area contributed by atoms with Crippen molar-refractivity contribution in [2.45, 2.75) is 6.92 Å². The first-order valence-electron chi connectivity index (χ1n) is 5.78. The lowest BCUT2D eigenvalue weighted by molar-refractivity contribution is 0.0526. The Labute approximate surface area is 143 Å². The molecule has 0 spiro atoms. The Hall–Kier alpha value is -0.900. The maximum absolute atomic E-state index is 11.7. The van der Waals surface area contributed by atoms with E-state index >= 15 is 0 Å². The number of benzene rings is 1. The van der Waals surface area contributed by atoms with Gasteiger partial charge in [0, 0.05) is 12.7 Å². The second-order valence-corrected chi connectivity index (χ2v) is 6.18. The Morgan fingerprint density at radius 2 is 1.95 bits per heavy atom. The molecule has 104 valence electrons. The van der Waals surface area contributed by atoms with Crippen LogP contribution in [0, 0.1) is 7.14 Å². The van der Waals surface area contributed by atoms with E-state index in [9.17, 15) is 9.59 Å². The van der Waals surface area contributed by atoms with Crippen molar-refractivity contribution in [3.05, 3.63) is 42.7 Å². The molecule has 0 aliphatic rings. The van der Waals surface area contributed by atoms with Crippen LogP contribution in [0.3, 0.4) is 0 Å². The second kappa shape index (κ2) is 6.70. The largest absolute Gasteiger partial charge is 0.462 e. The normalized spacial score (nSPS) is 10.3. The molecule has 0 amide bonds. The lowest BCUT2D eigenvalue weighted by Crippen LogP contribution is -2.06. The summed E-state index contributed by atoms with van der Waals surface area (Å²) < 4.78 is 12.2. The number of furan rings is 1. The topological polar surface area (TPSA) is 56.5 Å². The molecule has 1 heterocycles. The van der Waals surface area contributed by atoms with Gasteiger partial charge in [0.1, 0.15) is 5.76 Å². The van der Waals surface area contributed by atoms with Gasteiger partial charge in [-0.25, -0.2) is 4.79 Å². The number of carbonyl (C=O) groups excluding carboxylic acids is 2. The Kier molecular flexibility index (Phi) is 5.19. The number of hydrogen-bond acceptors (Lipinski definition) is 4. The highest BCUT2D eigenvalue weighted by atomic mass is 127. The highest BCUT2D eigenvalue weighted by molar-refractivity contribution is 14.1. The van der Waals surface area contributed by atoms with Crippen LogP contribution in [-0.2, 0) is 4.74 Å². The Morgan fingerprint density at radius 3 is 2.45 bits per heavy atom. The van der Waals surface area contributed by atoms with E-state index in [2.05, 4.69) is 45.2 Å². The quantitative estimate of drug-likeness (QED) is 0.363. The summed E-state index contributed by atoms with van der Waals surface area (Å²) in [5.41, 5.74) is 1.37. The summed E-state index contributed by atoms with van der Waals surface area (Å²) in [6.07, 6.45) is 0.663. The second-order valence-electron chi connectivity index (χ2n) is 3.86. The van der Waals surface area contributed by atoms with Gasteiger partial charge in [-0.15, -0.1) is 0 Å². The first-order chi connectivity index (χ1) is 9.56. The fraction of sp³-hybridized carbons (Fsp3) is 0.143. The molecule has 1 aromatic heterocycles. The molecule has 0 fully saturated rings. The monoisotopic (exact) mass is 496 g/mol. The summed E-state index contributed by atoms with van der Waals surface area (Å²) in [6.45, 7) is 2.11. The molecule has 0 radical (unpaired) electrons. The van der Waals surface area contributed by atoms with E-state index in [0.29, 0.717) is 24.2 Å². The minimum atomic E-state index is -0.345. The standard InChI is InChI=1S/C14H10I2O4/c1-2-19-14(18)8-5-10(15)13(11(16)6-8)12-4-3-9(7-17)20-12/h3-7H,2H2,1H3. The Morgan fingerprint density at radius 1 is 1.30 bits per heavy atom. The highest BCUT2D eigenvalue weighted by Crippen LogP contribution is 2.32. The van der Waals surface area contributed by atoms with Crippen LogP contribution in [-0.4, -0.2) is 18.9 Å². The molecule has 2 rings (SSSR count). The first kappa shape index (κ1) is 15.5. The summed E-state index contributed by atoms with van der Waals surface area (Å²) in [5, 5.41) is 0. The van der Waals surface area contributed by atoms with Crippen molar-refractivity contribution < 1.29 is 18.7 Å². The van der Waals surface area contributed by atoms with Gasteiger partial charge in [0.2, 0.25) is 0 Å². The molecule has 0 N–H and O–H groups in total. The number of aldehydes is 1. The third kappa shape index (κ3) is 3.22. The van der Waals surface area contributed by atoms with Crippen molar-refractivity contribution in [1.82, 2.24) is 0 Å². The van der Waals surface area contributed by atoms with Crippen LogP contribution in [0.25, 0.3) is 11.3 Å². The molecule has 0 bridgehead atoms. The molecule has 2 aromatic rings. The number of ether oxygens (including phenoxy) is 1. The molecule has 0 atom stereocenters. The number of hydrogen-bond donors (Lipinski definition) is 0. The molecule has 0 aliphatic heterocycles. The van der Waals surface area contributed by atoms with Gasteiger partial charge in [-0.3, -0.25) is 4.79 Å². The van der Waals surface area contributed by atoms with Crippen LogP contribution < -0.4 is 0 Å². The van der Waals surface area contributed by atoms with Gasteiger partial charge in [-0.2, -0.15) is 0 Å². The van der Waals surface area contributed by atoms with Crippen molar-refractivity contribution in [3.63, 3.8) is 0 Å². The maximum Gasteiger partial charge on any atom is 0.338 e. The number of carbonyl (C=O) groups is 2. The molecule has 4 nitrogen and oxygen atoms in total. The maximum atomic E-state index is 11.7. The lowest BCUT2D eigenvalue weighted by atomic mass is 10.1. The van der Waals surface area contributed by atoms with Crippen LogP contribution >= 0.6 is 45.2 Å². The van der Waals surface area contributed by atoms with Crippen molar-refractivity contribution >= 4 is 57.4 Å². The van der Waals surface area contributed by atoms with Crippen molar-refractivity contribution in [2.75, 3.05) is 6.61 Å². The van der Waals surface area contributed by atoms with Crippen LogP contribution in [0.1, 0.15) is 27.8 Å². The van der Waals surface area contributed by atoms with Gasteiger partial charge in [0.05, 0.1) is 12.2 Å². The van der Waals surface area contributed by atoms with E-state index in [-0.39, 0.29) is 11.7 Å². The van der Waals surface area contributed by atoms with Gasteiger partial charge in [0.25, 0.3) is 0 Å². The first-order valence-corrected chi connectivity index (χ1v) is 7.94. The van der Waals surface area contributed by atoms with Crippen LogP contribution in [0.2, 0.25) is 0 Å². The zero-order valence-electron chi connectivity index (χ0n) is 10.5. The summed E-state index contributed by atoms with van der Waals surface area (Å²) in [5.74, 6) is 0.542. The third-order valence-electron chi connectivity index (χ3n) is 2.54. The van der Waals surface area contributed by atoms with Gasteiger partial charge >= 0.3 is 5.97 Å². The molecule has 0 aliphatic carbocycles. The van der Waals surface area contributed by atoms with E-state index in [0.717, 1.165) is 12.7 Å². The van der Waals surface area contributed by atoms with Crippen LogP contribution in [0.4, 0.5) is 0 Å². The number of halogens is 2. The lowest BCUT2D eigenvalue weighted by Gasteiger charge is -2.08. The number of esters is 1. The average Bonchev–Trinajstić information content (AvgIpc) is 2.86. The third-order valence-corrected chi connectivity index (χ3v) is 4.24. The fourth-order valence-electron chi connectivity index (χ4n) is 1.69. The minimum absolute atomic E-state index is 0.279. The smallest absolute Gasteiger partial charge is 0.338 e. The van der Waals surface area contributed by atoms with E-state index in [1.165, 1.54) is 0 Å². The van der Waals surface area contributed by atoms with Crippen molar-refractivity contribution in [2.24, 2.45) is 0 Å². The zero-order chi connectivity index (χ0) is 14.7. The molecule has 6 heteroatoms. The van der Waals surface area contributed by atoms with E-state index < -0.39 is 0 Å². The van der Waals surface area contributed by atoms with Gasteiger partial charge in [0.15, 0.2) is 12.0 Å². The van der Waals surface area contributed by atoms with E-state index in [4.69, 9.17) is 9.15 Å². The summed E-state index contributed by atoms with van der Waals surface area (Å²) in [6, 6.07) is 6.86. The van der Waals surface area contributed by atoms with Gasteiger partial charge in [-0.1, -0.05) is 0 Å². The average molecular weight is 496 g/mol. The van der Waals surface area contributed by atoms with Crippen LogP contribution in [0.5, 0.6) is 0 Å². The SMILES string of the molecule is CCOC(=O)c1cc(I)c(-c2ccc(C=O)o2)c(I)c1. The predicted molar refractivity (Wildman–Crippen MR) is 90.9 cm³/mol. The van der Waals surface area contributed by atoms with Gasteiger partial charge in [-0.05, 0) is 76.4 Å². The van der Waals surface area contributed by atoms with E-state index in [1.807, 2.05) is 0 Å². The van der Waals surface area contributed by atoms with Gasteiger partial charge < -0.3 is 9.15 Å². The molecule has 0 saturated heterocycles. The highest BCUT2D eigenvalue weighted by Gasteiger charge is 2.16. The zero-order valence-corrected chi connectivity index (χ0v) is 14.8. The van der Waals surface area contributed by atoms with Crippen molar-refractivity contribution in [1.29, 1.82) is 0 Å². The molecular formula is C14H10I2O4. The summed E-state index contributed by atoms with van der Waals surface area (Å²) >= 11 is 4.27. The molecule has 1 aromatic carbocycles. The Bertz CT molecular complexity index is 638. The van der Waals surface area contributed by atoms with Crippen LogP contribution in [0.15, 0.2) is 28.7 Å². The number of rotatable bonds is 4. The predicted octanol–water partition coefficient (Wildman–Crippen LogP) is 4.15. The molecule has 0 unspecified atom stereocenters. The molecule has 0 saturated carbocycles. The fourth-order valence-corrected chi connectivity index (χ4v) is 3.99. The minimum Gasteiger partial charge on any atom is -0.462 e.